The quantitative estimate of drug-likeness (QED) is 0.819. The Balaban J connectivity index is 1.90. The minimum atomic E-state index is 0.122. The van der Waals surface area contributed by atoms with Crippen LogP contribution in [0.3, 0.4) is 0 Å². The normalized spacial score (nSPS) is 23.9. The van der Waals surface area contributed by atoms with Crippen LogP contribution >= 0.6 is 0 Å². The van der Waals surface area contributed by atoms with Crippen LogP contribution in [0.25, 0.3) is 0 Å². The lowest BCUT2D eigenvalue weighted by molar-refractivity contribution is -0.125. The molecular weight excluding hydrogens is 214 g/mol. The van der Waals surface area contributed by atoms with Crippen molar-refractivity contribution in [3.8, 4) is 0 Å². The molecule has 0 radical (unpaired) electrons. The van der Waals surface area contributed by atoms with Crippen LogP contribution in [-0.4, -0.2) is 23.1 Å². The second-order valence-electron chi connectivity index (χ2n) is 4.88. The highest BCUT2D eigenvalue weighted by Crippen LogP contribution is 2.15. The molecule has 4 heteroatoms. The second kappa shape index (κ2) is 4.92. The monoisotopic (exact) mass is 235 g/mol. The number of hydrogen-bond donors (Lipinski definition) is 2. The summed E-state index contributed by atoms with van der Waals surface area (Å²) in [4.78, 5) is 12.0. The lowest BCUT2D eigenvalue weighted by Gasteiger charge is -2.15. The van der Waals surface area contributed by atoms with Crippen molar-refractivity contribution in [2.45, 2.75) is 32.9 Å². The molecule has 2 unspecified atom stereocenters. The van der Waals surface area contributed by atoms with Crippen molar-refractivity contribution < 1.29 is 4.79 Å². The first kappa shape index (κ1) is 12.2. The number of carbonyl (C=O) groups excluding carboxylic acids is 1. The van der Waals surface area contributed by atoms with Gasteiger partial charge in [0, 0.05) is 24.5 Å². The smallest absolute Gasteiger partial charge is 0.225 e. The molecule has 1 aromatic rings. The van der Waals surface area contributed by atoms with Crippen molar-refractivity contribution >= 4 is 5.91 Å². The predicted molar refractivity (Wildman–Crippen MR) is 67.6 cm³/mol. The molecule has 0 spiro atoms. The molecular formula is C13H21N3O. The molecule has 1 saturated heterocycles. The number of nitrogens with zero attached hydrogens (tertiary/aromatic N) is 1. The average molecular weight is 235 g/mol. The third-order valence-corrected chi connectivity index (χ3v) is 3.78. The molecule has 2 heterocycles. The highest BCUT2D eigenvalue weighted by molar-refractivity contribution is 5.79. The predicted octanol–water partition coefficient (Wildman–Crippen LogP) is 0.948. The number of carbonyl (C=O) groups is 1. The second-order valence-corrected chi connectivity index (χ2v) is 4.88. The summed E-state index contributed by atoms with van der Waals surface area (Å²) in [5.41, 5.74) is 2.36. The Kier molecular flexibility index (Phi) is 3.52. The summed E-state index contributed by atoms with van der Waals surface area (Å²) in [5.74, 6) is 0.290. The highest BCUT2D eigenvalue weighted by atomic mass is 16.1. The van der Waals surface area contributed by atoms with Crippen molar-refractivity contribution in [3.05, 3.63) is 23.5 Å². The maximum atomic E-state index is 12.0. The van der Waals surface area contributed by atoms with E-state index >= 15 is 0 Å². The summed E-state index contributed by atoms with van der Waals surface area (Å²) in [7, 11) is 2.02. The molecule has 2 N–H and O–H groups in total. The highest BCUT2D eigenvalue weighted by Gasteiger charge is 2.29. The third kappa shape index (κ3) is 2.52. The zero-order valence-corrected chi connectivity index (χ0v) is 10.8. The Hall–Kier alpha value is -1.29. The van der Waals surface area contributed by atoms with Crippen LogP contribution in [0.4, 0.5) is 0 Å². The van der Waals surface area contributed by atoms with Gasteiger partial charge in [-0.2, -0.15) is 0 Å². The molecule has 0 bridgehead atoms. The van der Waals surface area contributed by atoms with Gasteiger partial charge in [0.25, 0.3) is 0 Å². The van der Waals surface area contributed by atoms with Gasteiger partial charge in [-0.05, 0) is 38.9 Å². The number of amides is 1. The van der Waals surface area contributed by atoms with Crippen LogP contribution < -0.4 is 10.6 Å². The Morgan fingerprint density at radius 3 is 2.88 bits per heavy atom. The number of aryl methyl sites for hydroxylation is 1. The van der Waals surface area contributed by atoms with E-state index in [1.54, 1.807) is 0 Å². The fraction of sp³-hybridized carbons (Fsp3) is 0.615. The van der Waals surface area contributed by atoms with Crippen LogP contribution in [0.5, 0.6) is 0 Å². The minimum absolute atomic E-state index is 0.122. The van der Waals surface area contributed by atoms with Gasteiger partial charge in [-0.25, -0.2) is 0 Å². The first-order valence-corrected chi connectivity index (χ1v) is 6.22. The average Bonchev–Trinajstić information content (AvgIpc) is 2.85. The molecule has 1 fully saturated rings. The van der Waals surface area contributed by atoms with Crippen molar-refractivity contribution in [2.24, 2.45) is 13.0 Å². The zero-order valence-electron chi connectivity index (χ0n) is 10.8. The van der Waals surface area contributed by atoms with E-state index < -0.39 is 0 Å². The lowest BCUT2D eigenvalue weighted by Crippen LogP contribution is -2.36. The molecule has 1 aromatic heterocycles. The van der Waals surface area contributed by atoms with E-state index in [-0.39, 0.29) is 11.8 Å². The van der Waals surface area contributed by atoms with Gasteiger partial charge in [-0.15, -0.1) is 0 Å². The molecule has 2 atom stereocenters. The molecule has 1 aliphatic heterocycles. The van der Waals surface area contributed by atoms with Crippen molar-refractivity contribution in [3.63, 3.8) is 0 Å². The summed E-state index contributed by atoms with van der Waals surface area (Å²) >= 11 is 0. The van der Waals surface area contributed by atoms with Crippen molar-refractivity contribution in [1.82, 2.24) is 15.2 Å². The summed E-state index contributed by atoms with van der Waals surface area (Å²) in [6.07, 6.45) is 0.944. The topological polar surface area (TPSA) is 46.1 Å². The summed E-state index contributed by atoms with van der Waals surface area (Å²) < 4.78 is 2.11. The van der Waals surface area contributed by atoms with Gasteiger partial charge < -0.3 is 15.2 Å². The van der Waals surface area contributed by atoms with E-state index in [1.807, 2.05) is 7.05 Å². The first-order chi connectivity index (χ1) is 8.09. The Labute approximate surface area is 102 Å². The largest absolute Gasteiger partial charge is 0.350 e. The Morgan fingerprint density at radius 2 is 2.35 bits per heavy atom. The van der Waals surface area contributed by atoms with Gasteiger partial charge in [0.1, 0.15) is 0 Å². The SMILES string of the molecule is Cc1ccc(CNC(=O)C2CCNC2C)n1C. The van der Waals surface area contributed by atoms with E-state index in [0.29, 0.717) is 12.6 Å². The van der Waals surface area contributed by atoms with E-state index in [2.05, 4.69) is 41.2 Å². The molecule has 0 aliphatic carbocycles. The van der Waals surface area contributed by atoms with Gasteiger partial charge >= 0.3 is 0 Å². The number of rotatable bonds is 3. The van der Waals surface area contributed by atoms with Crippen molar-refractivity contribution in [1.29, 1.82) is 0 Å². The number of hydrogen-bond acceptors (Lipinski definition) is 2. The summed E-state index contributed by atoms with van der Waals surface area (Å²) in [5, 5.41) is 6.32. The van der Waals surface area contributed by atoms with Crippen LogP contribution in [-0.2, 0) is 18.4 Å². The third-order valence-electron chi connectivity index (χ3n) is 3.78. The molecule has 94 valence electrons. The molecule has 1 amide bonds. The lowest BCUT2D eigenvalue weighted by atomic mass is 10.0. The van der Waals surface area contributed by atoms with Crippen molar-refractivity contribution in [2.75, 3.05) is 6.54 Å². The molecule has 0 aromatic carbocycles. The summed E-state index contributed by atoms with van der Waals surface area (Å²) in [6, 6.07) is 4.43. The molecule has 17 heavy (non-hydrogen) atoms. The van der Waals surface area contributed by atoms with Crippen LogP contribution in [0.1, 0.15) is 24.7 Å². The molecule has 4 nitrogen and oxygen atoms in total. The van der Waals surface area contributed by atoms with E-state index in [9.17, 15) is 4.79 Å². The maximum absolute atomic E-state index is 12.0. The first-order valence-electron chi connectivity index (χ1n) is 6.22. The Bertz CT molecular complexity index is 411. The minimum Gasteiger partial charge on any atom is -0.350 e. The molecule has 1 aliphatic rings. The zero-order chi connectivity index (χ0) is 12.4. The van der Waals surface area contributed by atoms with E-state index in [4.69, 9.17) is 0 Å². The number of aromatic nitrogens is 1. The van der Waals surface area contributed by atoms with Crippen LogP contribution in [0.2, 0.25) is 0 Å². The fourth-order valence-electron chi connectivity index (χ4n) is 2.37. The van der Waals surface area contributed by atoms with E-state index in [1.165, 1.54) is 5.69 Å². The fourth-order valence-corrected chi connectivity index (χ4v) is 2.37. The van der Waals surface area contributed by atoms with Crippen LogP contribution in [0.15, 0.2) is 12.1 Å². The van der Waals surface area contributed by atoms with Gasteiger partial charge in [0.05, 0.1) is 12.5 Å². The Morgan fingerprint density at radius 1 is 1.59 bits per heavy atom. The summed E-state index contributed by atoms with van der Waals surface area (Å²) in [6.45, 7) is 5.70. The van der Waals surface area contributed by atoms with Gasteiger partial charge in [-0.3, -0.25) is 4.79 Å². The van der Waals surface area contributed by atoms with Crippen LogP contribution in [0, 0.1) is 12.8 Å². The van der Waals surface area contributed by atoms with Gasteiger partial charge in [0.2, 0.25) is 5.91 Å². The van der Waals surface area contributed by atoms with Gasteiger partial charge in [-0.1, -0.05) is 0 Å². The molecule has 2 rings (SSSR count). The molecule has 0 saturated carbocycles. The number of nitrogens with one attached hydrogen (secondary N) is 2. The van der Waals surface area contributed by atoms with E-state index in [0.717, 1.165) is 18.7 Å². The maximum Gasteiger partial charge on any atom is 0.225 e. The van der Waals surface area contributed by atoms with Gasteiger partial charge in [0.15, 0.2) is 0 Å². The standard InChI is InChI=1S/C13H21N3O/c1-9-4-5-11(16(9)3)8-15-13(17)12-6-7-14-10(12)2/h4-5,10,12,14H,6-8H2,1-3H3,(H,15,17).